The summed E-state index contributed by atoms with van der Waals surface area (Å²) in [4.78, 5) is 23.9. The van der Waals surface area contributed by atoms with E-state index in [-0.39, 0.29) is 0 Å². The van der Waals surface area contributed by atoms with Crippen LogP contribution in [0.4, 0.5) is 0 Å². The highest BCUT2D eigenvalue weighted by molar-refractivity contribution is 5.99. The Morgan fingerprint density at radius 2 is 1.31 bits per heavy atom. The van der Waals surface area contributed by atoms with Gasteiger partial charge in [0.15, 0.2) is 0 Å². The van der Waals surface area contributed by atoms with E-state index in [0.29, 0.717) is 12.8 Å². The van der Waals surface area contributed by atoms with Crippen LogP contribution in [-0.4, -0.2) is 22.6 Å². The molecule has 0 aliphatic rings. The van der Waals surface area contributed by atoms with Crippen molar-refractivity contribution in [3.8, 4) is 0 Å². The largest absolute Gasteiger partial charge is 0.421 e. The zero-order chi connectivity index (χ0) is 20.3. The van der Waals surface area contributed by atoms with Gasteiger partial charge in [0.05, 0.1) is 0 Å². The normalized spacial score (nSPS) is 14.3. The molecule has 0 saturated heterocycles. The second kappa shape index (κ2) is 11.6. The van der Waals surface area contributed by atoms with Gasteiger partial charge in [-0.25, -0.2) is 0 Å². The van der Waals surface area contributed by atoms with Gasteiger partial charge < -0.3 is 9.84 Å². The highest BCUT2D eigenvalue weighted by Gasteiger charge is 2.35. The van der Waals surface area contributed by atoms with Crippen LogP contribution in [0.3, 0.4) is 0 Å². The number of carbonyl (C=O) groups is 2. The molecule has 0 aromatic rings. The Labute approximate surface area is 158 Å². The lowest BCUT2D eigenvalue weighted by atomic mass is 10.0. The number of carbonyl (C=O) groups excluding carboxylic acids is 2. The van der Waals surface area contributed by atoms with E-state index >= 15 is 0 Å². The highest BCUT2D eigenvalue weighted by atomic mass is 16.7. The molecule has 0 fully saturated rings. The van der Waals surface area contributed by atoms with Crippen LogP contribution in [0.25, 0.3) is 0 Å². The quantitative estimate of drug-likeness (QED) is 0.251. The molecule has 146 valence electrons. The third-order valence-electron chi connectivity index (χ3n) is 3.65. The van der Waals surface area contributed by atoms with Gasteiger partial charge in [0, 0.05) is 6.92 Å². The molecule has 0 aromatic carbocycles. The molecular weight excluding hydrogens is 328 g/mol. The van der Waals surface area contributed by atoms with Crippen molar-refractivity contribution in [3.05, 3.63) is 46.6 Å². The number of esters is 1. The van der Waals surface area contributed by atoms with Crippen molar-refractivity contribution in [1.82, 2.24) is 0 Å². The van der Waals surface area contributed by atoms with Gasteiger partial charge in [0.1, 0.15) is 0 Å². The second-order valence-electron chi connectivity index (χ2n) is 7.28. The summed E-state index contributed by atoms with van der Waals surface area (Å²) in [5, 5.41) is 10.7. The first-order valence-corrected chi connectivity index (χ1v) is 9.05. The number of ether oxygens (including phenoxy) is 1. The molecule has 0 aliphatic carbocycles. The van der Waals surface area contributed by atoms with Crippen molar-refractivity contribution in [1.29, 1.82) is 0 Å². The standard InChI is InChI=1S/C22H34O4/c1-16(2)10-8-12-18(5)14-21(24)22(25,26-20(7)23)15-19(6)13-9-11-17(3)4/h10-11,14-15,25H,8-9,12-13H2,1-7H3/b18-14+,19-15+. The SMILES string of the molecule is CC(=O)OC(O)(/C=C(\C)CCC=C(C)C)C(=O)/C=C(\C)CCC=C(C)C. The molecule has 1 unspecified atom stereocenters. The topological polar surface area (TPSA) is 63.6 Å². The molecule has 0 heterocycles. The monoisotopic (exact) mass is 362 g/mol. The van der Waals surface area contributed by atoms with Crippen molar-refractivity contribution < 1.29 is 19.4 Å². The van der Waals surface area contributed by atoms with E-state index in [0.717, 1.165) is 24.0 Å². The van der Waals surface area contributed by atoms with Gasteiger partial charge in [-0.3, -0.25) is 9.59 Å². The summed E-state index contributed by atoms with van der Waals surface area (Å²) < 4.78 is 4.96. The minimum atomic E-state index is -2.25. The van der Waals surface area contributed by atoms with Gasteiger partial charge >= 0.3 is 5.97 Å². The summed E-state index contributed by atoms with van der Waals surface area (Å²) in [6.45, 7) is 12.9. The Bertz CT molecular complexity index is 612. The molecule has 4 nitrogen and oxygen atoms in total. The van der Waals surface area contributed by atoms with Crippen molar-refractivity contribution >= 4 is 11.8 Å². The smallest absolute Gasteiger partial charge is 0.305 e. The van der Waals surface area contributed by atoms with E-state index in [4.69, 9.17) is 4.74 Å². The maximum absolute atomic E-state index is 12.5. The average Bonchev–Trinajstić information content (AvgIpc) is 2.45. The molecule has 26 heavy (non-hydrogen) atoms. The number of allylic oxidation sites excluding steroid dienone is 6. The summed E-state index contributed by atoms with van der Waals surface area (Å²) in [5.41, 5.74) is 4.04. The molecule has 0 saturated carbocycles. The van der Waals surface area contributed by atoms with Crippen LogP contribution < -0.4 is 0 Å². The molecule has 1 N–H and O–H groups in total. The van der Waals surface area contributed by atoms with Crippen LogP contribution >= 0.6 is 0 Å². The first kappa shape index (κ1) is 24.1. The number of hydrogen-bond acceptors (Lipinski definition) is 4. The first-order valence-electron chi connectivity index (χ1n) is 9.05. The van der Waals surface area contributed by atoms with Gasteiger partial charge in [0.2, 0.25) is 5.78 Å². The number of rotatable bonds is 10. The Morgan fingerprint density at radius 1 is 0.846 bits per heavy atom. The maximum atomic E-state index is 12.5. The predicted octanol–water partition coefficient (Wildman–Crippen LogP) is 5.19. The molecule has 4 heteroatoms. The molecule has 0 spiro atoms. The fourth-order valence-electron chi connectivity index (χ4n) is 2.35. The fraction of sp³-hybridized carbons (Fsp3) is 0.545. The lowest BCUT2D eigenvalue weighted by molar-refractivity contribution is -0.190. The second-order valence-corrected chi connectivity index (χ2v) is 7.28. The molecule has 0 bridgehead atoms. The van der Waals surface area contributed by atoms with E-state index in [9.17, 15) is 14.7 Å². The molecule has 0 radical (unpaired) electrons. The van der Waals surface area contributed by atoms with Crippen molar-refractivity contribution in [2.45, 2.75) is 79.9 Å². The predicted molar refractivity (Wildman–Crippen MR) is 107 cm³/mol. The van der Waals surface area contributed by atoms with Gasteiger partial charge in [-0.05, 0) is 79.4 Å². The number of hydrogen-bond donors (Lipinski definition) is 1. The maximum Gasteiger partial charge on any atom is 0.305 e. The Morgan fingerprint density at radius 3 is 1.73 bits per heavy atom. The molecule has 0 amide bonds. The van der Waals surface area contributed by atoms with Crippen LogP contribution in [-0.2, 0) is 14.3 Å². The molecule has 0 rings (SSSR count). The minimum Gasteiger partial charge on any atom is -0.421 e. The summed E-state index contributed by atoms with van der Waals surface area (Å²) in [7, 11) is 0. The van der Waals surface area contributed by atoms with Crippen molar-refractivity contribution in [3.63, 3.8) is 0 Å². The average molecular weight is 363 g/mol. The Balaban J connectivity index is 5.30. The Hall–Kier alpha value is -1.94. The Kier molecular flexibility index (Phi) is 10.8. The van der Waals surface area contributed by atoms with Crippen LogP contribution in [0.15, 0.2) is 46.6 Å². The van der Waals surface area contributed by atoms with Crippen LogP contribution in [0.2, 0.25) is 0 Å². The first-order chi connectivity index (χ1) is 12.0. The summed E-state index contributed by atoms with van der Waals surface area (Å²) in [6, 6.07) is 0. The third kappa shape index (κ3) is 10.8. The van der Waals surface area contributed by atoms with Crippen LogP contribution in [0, 0.1) is 0 Å². The summed E-state index contributed by atoms with van der Waals surface area (Å²) in [5.74, 6) is -3.59. The van der Waals surface area contributed by atoms with E-state index in [2.05, 4.69) is 12.2 Å². The molecule has 1 atom stereocenters. The zero-order valence-corrected chi connectivity index (χ0v) is 17.3. The van der Waals surface area contributed by atoms with E-state index < -0.39 is 17.5 Å². The van der Waals surface area contributed by atoms with Gasteiger partial charge in [-0.2, -0.15) is 0 Å². The molecule has 0 aliphatic heterocycles. The van der Waals surface area contributed by atoms with Gasteiger partial charge in [-0.1, -0.05) is 34.4 Å². The highest BCUT2D eigenvalue weighted by Crippen LogP contribution is 2.19. The lowest BCUT2D eigenvalue weighted by Gasteiger charge is -2.22. The van der Waals surface area contributed by atoms with Crippen LogP contribution in [0.1, 0.15) is 74.1 Å². The van der Waals surface area contributed by atoms with Gasteiger partial charge in [0.25, 0.3) is 5.79 Å². The summed E-state index contributed by atoms with van der Waals surface area (Å²) in [6.07, 6.45) is 9.87. The third-order valence-corrected chi connectivity index (χ3v) is 3.65. The lowest BCUT2D eigenvalue weighted by Crippen LogP contribution is -2.40. The van der Waals surface area contributed by atoms with E-state index in [1.165, 1.54) is 30.2 Å². The zero-order valence-electron chi connectivity index (χ0n) is 17.3. The van der Waals surface area contributed by atoms with E-state index in [1.54, 1.807) is 0 Å². The molecular formula is C22H34O4. The van der Waals surface area contributed by atoms with Gasteiger partial charge in [-0.15, -0.1) is 0 Å². The summed E-state index contributed by atoms with van der Waals surface area (Å²) >= 11 is 0. The number of aliphatic hydroxyl groups is 1. The molecule has 0 aromatic heterocycles. The van der Waals surface area contributed by atoms with Crippen LogP contribution in [0.5, 0.6) is 0 Å². The minimum absolute atomic E-state index is 0.635. The number of ketones is 1. The van der Waals surface area contributed by atoms with E-state index in [1.807, 2.05) is 41.5 Å². The van der Waals surface area contributed by atoms with Crippen molar-refractivity contribution in [2.75, 3.05) is 0 Å². The van der Waals surface area contributed by atoms with Crippen molar-refractivity contribution in [2.24, 2.45) is 0 Å². The fourth-order valence-corrected chi connectivity index (χ4v) is 2.35.